The Balaban J connectivity index is 2.91. The van der Waals surface area contributed by atoms with Crippen molar-refractivity contribution < 1.29 is 5.11 Å². The lowest BCUT2D eigenvalue weighted by Crippen LogP contribution is -2.31. The van der Waals surface area contributed by atoms with E-state index in [1.807, 2.05) is 32.0 Å². The summed E-state index contributed by atoms with van der Waals surface area (Å²) in [6.07, 6.45) is 0.354. The number of nitrogens with one attached hydrogen (secondary N) is 1. The summed E-state index contributed by atoms with van der Waals surface area (Å²) in [4.78, 5) is 25.8. The molecule has 19 heavy (non-hydrogen) atoms. The second kappa shape index (κ2) is 4.76. The molecule has 0 aliphatic carbocycles. The largest absolute Gasteiger partial charge is 0.494 e. The van der Waals surface area contributed by atoms with Crippen LogP contribution in [0.4, 0.5) is 0 Å². The van der Waals surface area contributed by atoms with E-state index < -0.39 is 11.2 Å². The van der Waals surface area contributed by atoms with E-state index in [1.165, 1.54) is 0 Å². The molecule has 1 heterocycles. The standard InChI is InChI=1S/C14H16N2O3/c1-4-10-12(17)15-14(19)16(13(10)18)11-8(2)6-5-7-9(11)3/h5-7,18H,4H2,1-3H3,(H,15,17,19). The van der Waals surface area contributed by atoms with E-state index in [2.05, 4.69) is 4.98 Å². The molecule has 1 aromatic carbocycles. The fourth-order valence-electron chi connectivity index (χ4n) is 2.25. The van der Waals surface area contributed by atoms with Crippen LogP contribution in [0, 0.1) is 13.8 Å². The van der Waals surface area contributed by atoms with E-state index in [0.717, 1.165) is 15.7 Å². The average molecular weight is 260 g/mol. The highest BCUT2D eigenvalue weighted by atomic mass is 16.3. The van der Waals surface area contributed by atoms with E-state index in [1.54, 1.807) is 6.92 Å². The van der Waals surface area contributed by atoms with Crippen LogP contribution in [0.5, 0.6) is 5.88 Å². The molecule has 0 aliphatic heterocycles. The van der Waals surface area contributed by atoms with Crippen LogP contribution in [-0.4, -0.2) is 14.7 Å². The van der Waals surface area contributed by atoms with E-state index in [9.17, 15) is 14.7 Å². The van der Waals surface area contributed by atoms with Gasteiger partial charge in [-0.05, 0) is 31.4 Å². The van der Waals surface area contributed by atoms with Crippen molar-refractivity contribution in [2.75, 3.05) is 0 Å². The molecule has 0 fully saturated rings. The fourth-order valence-corrected chi connectivity index (χ4v) is 2.25. The first-order chi connectivity index (χ1) is 8.97. The van der Waals surface area contributed by atoms with E-state index in [0.29, 0.717) is 12.1 Å². The summed E-state index contributed by atoms with van der Waals surface area (Å²) in [5, 5.41) is 10.2. The van der Waals surface area contributed by atoms with Crippen molar-refractivity contribution in [2.45, 2.75) is 27.2 Å². The topological polar surface area (TPSA) is 75.1 Å². The maximum absolute atomic E-state index is 12.0. The maximum Gasteiger partial charge on any atom is 0.335 e. The van der Waals surface area contributed by atoms with Gasteiger partial charge in [0, 0.05) is 0 Å². The predicted octanol–water partition coefficient (Wildman–Crippen LogP) is 1.41. The smallest absolute Gasteiger partial charge is 0.335 e. The Morgan fingerprint density at radius 2 is 1.79 bits per heavy atom. The van der Waals surface area contributed by atoms with Crippen LogP contribution >= 0.6 is 0 Å². The Hall–Kier alpha value is -2.30. The van der Waals surface area contributed by atoms with Crippen LogP contribution in [0.15, 0.2) is 27.8 Å². The lowest BCUT2D eigenvalue weighted by atomic mass is 10.1. The van der Waals surface area contributed by atoms with Crippen molar-refractivity contribution in [3.8, 4) is 11.6 Å². The molecule has 0 saturated carbocycles. The van der Waals surface area contributed by atoms with Gasteiger partial charge in [0.1, 0.15) is 0 Å². The van der Waals surface area contributed by atoms with Gasteiger partial charge in [-0.15, -0.1) is 0 Å². The first-order valence-corrected chi connectivity index (χ1v) is 6.11. The molecule has 100 valence electrons. The van der Waals surface area contributed by atoms with Crippen molar-refractivity contribution in [3.63, 3.8) is 0 Å². The Kier molecular flexibility index (Phi) is 3.29. The molecule has 0 bridgehead atoms. The van der Waals surface area contributed by atoms with Crippen LogP contribution in [-0.2, 0) is 6.42 Å². The van der Waals surface area contributed by atoms with Gasteiger partial charge in [-0.3, -0.25) is 9.78 Å². The van der Waals surface area contributed by atoms with E-state index in [-0.39, 0.29) is 11.4 Å². The van der Waals surface area contributed by atoms with Gasteiger partial charge in [-0.25, -0.2) is 9.36 Å². The monoisotopic (exact) mass is 260 g/mol. The number of hydrogen-bond donors (Lipinski definition) is 2. The van der Waals surface area contributed by atoms with Gasteiger partial charge < -0.3 is 5.11 Å². The van der Waals surface area contributed by atoms with Crippen LogP contribution in [0.1, 0.15) is 23.6 Å². The van der Waals surface area contributed by atoms with Gasteiger partial charge in [-0.2, -0.15) is 0 Å². The Bertz CT molecular complexity index is 721. The van der Waals surface area contributed by atoms with Gasteiger partial charge >= 0.3 is 5.69 Å². The summed E-state index contributed by atoms with van der Waals surface area (Å²) in [6.45, 7) is 5.46. The fraction of sp³-hybridized carbons (Fsp3) is 0.286. The van der Waals surface area contributed by atoms with Crippen molar-refractivity contribution in [3.05, 3.63) is 55.7 Å². The molecule has 1 aromatic heterocycles. The number of hydrogen-bond acceptors (Lipinski definition) is 3. The normalized spacial score (nSPS) is 10.7. The molecule has 0 spiro atoms. The zero-order valence-corrected chi connectivity index (χ0v) is 11.2. The molecule has 0 amide bonds. The van der Waals surface area contributed by atoms with Gasteiger partial charge in [0.2, 0.25) is 5.88 Å². The quantitative estimate of drug-likeness (QED) is 0.857. The average Bonchev–Trinajstić information content (AvgIpc) is 2.33. The minimum atomic E-state index is -0.628. The van der Waals surface area contributed by atoms with Gasteiger partial charge in [0.25, 0.3) is 5.56 Å². The number of aryl methyl sites for hydroxylation is 2. The maximum atomic E-state index is 12.0. The second-order valence-corrected chi connectivity index (χ2v) is 4.49. The summed E-state index contributed by atoms with van der Waals surface area (Å²) in [6, 6.07) is 5.58. The minimum Gasteiger partial charge on any atom is -0.494 e. The number of para-hydroxylation sites is 1. The van der Waals surface area contributed by atoms with Crippen LogP contribution in [0.2, 0.25) is 0 Å². The molecular weight excluding hydrogens is 244 g/mol. The minimum absolute atomic E-state index is 0.210. The molecule has 2 rings (SSSR count). The first kappa shape index (κ1) is 13.1. The molecule has 0 unspecified atom stereocenters. The number of rotatable bonds is 2. The third kappa shape index (κ3) is 2.07. The van der Waals surface area contributed by atoms with Crippen LogP contribution in [0.25, 0.3) is 5.69 Å². The number of H-pyrrole nitrogens is 1. The van der Waals surface area contributed by atoms with Crippen molar-refractivity contribution in [1.82, 2.24) is 9.55 Å². The molecule has 5 nitrogen and oxygen atoms in total. The Labute approximate surface area is 110 Å². The molecule has 0 saturated heterocycles. The zero-order chi connectivity index (χ0) is 14.2. The van der Waals surface area contributed by atoms with Crippen molar-refractivity contribution in [2.24, 2.45) is 0 Å². The first-order valence-electron chi connectivity index (χ1n) is 6.11. The predicted molar refractivity (Wildman–Crippen MR) is 73.2 cm³/mol. The van der Waals surface area contributed by atoms with E-state index in [4.69, 9.17) is 0 Å². The molecule has 0 atom stereocenters. The number of nitrogens with zero attached hydrogens (tertiary/aromatic N) is 1. The SMILES string of the molecule is CCc1c(O)n(-c2c(C)cccc2C)c(=O)[nH]c1=O. The highest BCUT2D eigenvalue weighted by Crippen LogP contribution is 2.22. The summed E-state index contributed by atoms with van der Waals surface area (Å²) in [5.74, 6) is -0.284. The van der Waals surface area contributed by atoms with Crippen LogP contribution in [0.3, 0.4) is 0 Å². The molecule has 0 aliphatic rings. The van der Waals surface area contributed by atoms with Gasteiger partial charge in [0.15, 0.2) is 0 Å². The summed E-state index contributed by atoms with van der Waals surface area (Å²) in [5.41, 5.74) is 1.36. The molecular formula is C14H16N2O3. The van der Waals surface area contributed by atoms with Gasteiger partial charge in [0.05, 0.1) is 11.3 Å². The lowest BCUT2D eigenvalue weighted by Gasteiger charge is -2.15. The third-order valence-electron chi connectivity index (χ3n) is 3.20. The van der Waals surface area contributed by atoms with E-state index >= 15 is 0 Å². The molecule has 5 heteroatoms. The summed E-state index contributed by atoms with van der Waals surface area (Å²) >= 11 is 0. The van der Waals surface area contributed by atoms with Crippen LogP contribution < -0.4 is 11.2 Å². The number of benzene rings is 1. The number of aromatic amines is 1. The van der Waals surface area contributed by atoms with Crippen molar-refractivity contribution >= 4 is 0 Å². The third-order valence-corrected chi connectivity index (χ3v) is 3.20. The number of aromatic nitrogens is 2. The Morgan fingerprint density at radius 1 is 1.21 bits per heavy atom. The highest BCUT2D eigenvalue weighted by Gasteiger charge is 2.16. The summed E-state index contributed by atoms with van der Waals surface area (Å²) < 4.78 is 1.16. The highest BCUT2D eigenvalue weighted by molar-refractivity contribution is 5.49. The Morgan fingerprint density at radius 3 is 2.32 bits per heavy atom. The molecule has 0 radical (unpaired) electrons. The summed E-state index contributed by atoms with van der Waals surface area (Å²) in [7, 11) is 0. The zero-order valence-electron chi connectivity index (χ0n) is 11.2. The number of aromatic hydroxyl groups is 1. The second-order valence-electron chi connectivity index (χ2n) is 4.49. The lowest BCUT2D eigenvalue weighted by molar-refractivity contribution is 0.423. The molecule has 2 N–H and O–H groups in total. The van der Waals surface area contributed by atoms with Gasteiger partial charge in [-0.1, -0.05) is 25.1 Å². The molecule has 2 aromatic rings. The van der Waals surface area contributed by atoms with Crippen molar-refractivity contribution in [1.29, 1.82) is 0 Å².